The van der Waals surface area contributed by atoms with Crippen LogP contribution in [-0.4, -0.2) is 53.7 Å². The number of nitrogens with one attached hydrogen (secondary N) is 1. The third kappa shape index (κ3) is 5.31. The molecule has 3 aromatic rings. The number of anilines is 3. The normalized spacial score (nSPS) is 20.2. The standard InChI is InChI=1S/C31H37F2N5O/c1-18(2)38-17-19(3)39-30-27(33)13-22(14-28(30)38)29-25(20-5-6-20)16-34-31(36-29)35-23-7-8-24(26(32)15-23)21-9-11-37(4)12-10-21/h7-8,13-16,18-21H,5-6,9-12,17H2,1-4H3,(H,34,35,36). The van der Waals surface area contributed by atoms with Gasteiger partial charge in [-0.3, -0.25) is 0 Å². The summed E-state index contributed by atoms with van der Waals surface area (Å²) in [7, 11) is 2.11. The minimum Gasteiger partial charge on any atom is -0.484 e. The number of ether oxygens (including phenoxy) is 1. The second-order valence-electron chi connectivity index (χ2n) is 11.7. The van der Waals surface area contributed by atoms with E-state index in [1.807, 2.05) is 31.3 Å². The van der Waals surface area contributed by atoms with Crippen molar-refractivity contribution < 1.29 is 13.5 Å². The molecule has 206 valence electrons. The third-order valence-corrected chi connectivity index (χ3v) is 8.25. The van der Waals surface area contributed by atoms with E-state index in [4.69, 9.17) is 9.72 Å². The first-order valence-electron chi connectivity index (χ1n) is 14.2. The molecular formula is C31H37F2N5O. The third-order valence-electron chi connectivity index (χ3n) is 8.25. The van der Waals surface area contributed by atoms with Gasteiger partial charge in [-0.15, -0.1) is 0 Å². The fourth-order valence-corrected chi connectivity index (χ4v) is 5.91. The van der Waals surface area contributed by atoms with E-state index in [-0.39, 0.29) is 29.7 Å². The zero-order valence-corrected chi connectivity index (χ0v) is 23.2. The zero-order valence-electron chi connectivity index (χ0n) is 23.2. The summed E-state index contributed by atoms with van der Waals surface area (Å²) in [6.07, 6.45) is 5.80. The minimum atomic E-state index is -0.388. The van der Waals surface area contributed by atoms with Gasteiger partial charge in [0.2, 0.25) is 5.95 Å². The smallest absolute Gasteiger partial charge is 0.227 e. The number of hydrogen-bond donors (Lipinski definition) is 1. The van der Waals surface area contributed by atoms with Gasteiger partial charge in [-0.2, -0.15) is 0 Å². The van der Waals surface area contributed by atoms with Crippen molar-refractivity contribution in [2.24, 2.45) is 0 Å². The fraction of sp³-hybridized carbons (Fsp3) is 0.484. The molecule has 6 rings (SSSR count). The topological polar surface area (TPSA) is 53.5 Å². The molecule has 3 aliphatic rings. The lowest BCUT2D eigenvalue weighted by Crippen LogP contribution is -2.42. The lowest BCUT2D eigenvalue weighted by atomic mass is 9.89. The first-order valence-corrected chi connectivity index (χ1v) is 14.2. The lowest BCUT2D eigenvalue weighted by molar-refractivity contribution is 0.199. The number of rotatable bonds is 6. The molecule has 0 radical (unpaired) electrons. The molecule has 1 aliphatic carbocycles. The molecule has 2 aliphatic heterocycles. The summed E-state index contributed by atoms with van der Waals surface area (Å²) < 4.78 is 36.5. The summed E-state index contributed by atoms with van der Waals surface area (Å²) in [5.41, 5.74) is 4.55. The van der Waals surface area contributed by atoms with Crippen molar-refractivity contribution in [1.82, 2.24) is 14.9 Å². The Hall–Kier alpha value is -3.26. The Morgan fingerprint density at radius 2 is 1.72 bits per heavy atom. The van der Waals surface area contributed by atoms with Crippen LogP contribution < -0.4 is 15.0 Å². The van der Waals surface area contributed by atoms with Crippen molar-refractivity contribution in [3.8, 4) is 17.0 Å². The molecular weight excluding hydrogens is 496 g/mol. The van der Waals surface area contributed by atoms with E-state index >= 15 is 8.78 Å². The predicted octanol–water partition coefficient (Wildman–Crippen LogP) is 6.85. The molecule has 8 heteroatoms. The largest absolute Gasteiger partial charge is 0.484 e. The molecule has 0 spiro atoms. The Kier molecular flexibility index (Phi) is 6.91. The van der Waals surface area contributed by atoms with Crippen molar-refractivity contribution in [3.63, 3.8) is 0 Å². The summed E-state index contributed by atoms with van der Waals surface area (Å²) in [5.74, 6) is 0.686. The predicted molar refractivity (Wildman–Crippen MR) is 151 cm³/mol. The summed E-state index contributed by atoms with van der Waals surface area (Å²) >= 11 is 0. The van der Waals surface area contributed by atoms with Crippen molar-refractivity contribution in [2.45, 2.75) is 70.4 Å². The number of aromatic nitrogens is 2. The van der Waals surface area contributed by atoms with Crippen LogP contribution in [-0.2, 0) is 0 Å². The highest BCUT2D eigenvalue weighted by molar-refractivity contribution is 5.75. The average molecular weight is 534 g/mol. The van der Waals surface area contributed by atoms with E-state index in [1.165, 1.54) is 12.1 Å². The number of likely N-dealkylation sites (tertiary alicyclic amines) is 1. The molecule has 2 fully saturated rings. The molecule has 0 bridgehead atoms. The van der Waals surface area contributed by atoms with E-state index in [2.05, 4.69) is 41.0 Å². The second kappa shape index (κ2) is 10.4. The summed E-state index contributed by atoms with van der Waals surface area (Å²) in [6.45, 7) is 8.83. The van der Waals surface area contributed by atoms with E-state index in [0.717, 1.165) is 55.6 Å². The molecule has 1 atom stereocenters. The van der Waals surface area contributed by atoms with Crippen LogP contribution in [0.3, 0.4) is 0 Å². The van der Waals surface area contributed by atoms with Gasteiger partial charge < -0.3 is 19.9 Å². The van der Waals surface area contributed by atoms with E-state index in [0.29, 0.717) is 41.1 Å². The van der Waals surface area contributed by atoms with Gasteiger partial charge in [0.05, 0.1) is 17.9 Å². The number of halogens is 2. The van der Waals surface area contributed by atoms with Crippen LogP contribution in [0.2, 0.25) is 0 Å². The van der Waals surface area contributed by atoms with Gasteiger partial charge >= 0.3 is 0 Å². The molecule has 0 amide bonds. The van der Waals surface area contributed by atoms with Crippen LogP contribution in [0.25, 0.3) is 11.3 Å². The maximum absolute atomic E-state index is 15.4. The summed E-state index contributed by atoms with van der Waals surface area (Å²) in [4.78, 5) is 13.9. The van der Waals surface area contributed by atoms with Gasteiger partial charge in [0, 0.05) is 29.1 Å². The fourth-order valence-electron chi connectivity index (χ4n) is 5.91. The monoisotopic (exact) mass is 533 g/mol. The van der Waals surface area contributed by atoms with Crippen LogP contribution in [0.1, 0.15) is 69.4 Å². The molecule has 6 nitrogen and oxygen atoms in total. The molecule has 1 aromatic heterocycles. The Balaban J connectivity index is 1.32. The maximum atomic E-state index is 15.4. The Morgan fingerprint density at radius 1 is 0.974 bits per heavy atom. The highest BCUT2D eigenvalue weighted by atomic mass is 19.1. The van der Waals surface area contributed by atoms with Crippen molar-refractivity contribution in [1.29, 1.82) is 0 Å². The maximum Gasteiger partial charge on any atom is 0.227 e. The van der Waals surface area contributed by atoms with Crippen LogP contribution in [0.15, 0.2) is 36.5 Å². The molecule has 1 unspecified atom stereocenters. The Labute approximate surface area is 229 Å². The quantitative estimate of drug-likeness (QED) is 0.374. The minimum absolute atomic E-state index is 0.0941. The first kappa shape index (κ1) is 26.0. The van der Waals surface area contributed by atoms with Crippen LogP contribution in [0.4, 0.5) is 26.1 Å². The van der Waals surface area contributed by atoms with Gasteiger partial charge in [0.1, 0.15) is 11.9 Å². The highest BCUT2D eigenvalue weighted by Gasteiger charge is 2.32. The molecule has 39 heavy (non-hydrogen) atoms. The molecule has 1 N–H and O–H groups in total. The summed E-state index contributed by atoms with van der Waals surface area (Å²) in [6, 6.07) is 9.01. The number of hydrogen-bond acceptors (Lipinski definition) is 6. The van der Waals surface area contributed by atoms with Crippen molar-refractivity contribution in [3.05, 3.63) is 59.3 Å². The van der Waals surface area contributed by atoms with E-state index in [9.17, 15) is 0 Å². The van der Waals surface area contributed by atoms with Gasteiger partial charge in [0.25, 0.3) is 0 Å². The number of benzene rings is 2. The van der Waals surface area contributed by atoms with Crippen LogP contribution >= 0.6 is 0 Å². The molecule has 1 saturated carbocycles. The van der Waals surface area contributed by atoms with Crippen molar-refractivity contribution >= 4 is 17.3 Å². The van der Waals surface area contributed by atoms with Gasteiger partial charge in [0.15, 0.2) is 11.6 Å². The van der Waals surface area contributed by atoms with Crippen LogP contribution in [0, 0.1) is 11.6 Å². The molecule has 3 heterocycles. The average Bonchev–Trinajstić information content (AvgIpc) is 3.75. The first-order chi connectivity index (χ1) is 18.8. The van der Waals surface area contributed by atoms with Gasteiger partial charge in [-0.05, 0) is 108 Å². The Bertz CT molecular complexity index is 1370. The Morgan fingerprint density at radius 3 is 2.41 bits per heavy atom. The molecule has 2 aromatic carbocycles. The van der Waals surface area contributed by atoms with E-state index < -0.39 is 0 Å². The zero-order chi connectivity index (χ0) is 27.3. The lowest BCUT2D eigenvalue weighted by Gasteiger charge is -2.38. The number of fused-ring (bicyclic) bond motifs is 1. The van der Waals surface area contributed by atoms with Crippen LogP contribution in [0.5, 0.6) is 5.75 Å². The number of piperidine rings is 1. The van der Waals surface area contributed by atoms with E-state index in [1.54, 1.807) is 0 Å². The SMILES string of the molecule is CC1CN(C(C)C)c2cc(-c3nc(Nc4ccc(C5CCN(C)CC5)c(F)c4)ncc3C3CC3)cc(F)c2O1. The van der Waals surface area contributed by atoms with Gasteiger partial charge in [-0.1, -0.05) is 6.07 Å². The van der Waals surface area contributed by atoms with Crippen molar-refractivity contribution in [2.75, 3.05) is 36.9 Å². The second-order valence-corrected chi connectivity index (χ2v) is 11.7. The summed E-state index contributed by atoms with van der Waals surface area (Å²) in [5, 5.41) is 3.19. The van der Waals surface area contributed by atoms with Gasteiger partial charge in [-0.25, -0.2) is 18.7 Å². The molecule has 1 saturated heterocycles. The highest BCUT2D eigenvalue weighted by Crippen LogP contribution is 2.46. The number of nitrogens with zero attached hydrogens (tertiary/aromatic N) is 4.